The molecule has 1 aromatic carbocycles. The zero-order valence-corrected chi connectivity index (χ0v) is 12.3. The summed E-state index contributed by atoms with van der Waals surface area (Å²) in [4.78, 5) is 14.8. The van der Waals surface area contributed by atoms with Gasteiger partial charge in [0.1, 0.15) is 0 Å². The van der Waals surface area contributed by atoms with E-state index in [-0.39, 0.29) is 5.28 Å². The molecule has 0 amide bonds. The van der Waals surface area contributed by atoms with E-state index in [0.717, 1.165) is 18.7 Å². The van der Waals surface area contributed by atoms with Crippen molar-refractivity contribution < 1.29 is 4.74 Å². The minimum atomic E-state index is 0.196. The lowest BCUT2D eigenvalue weighted by Gasteiger charge is -2.26. The molecule has 1 aromatic heterocycles. The Hall–Kier alpha value is -1.92. The van der Waals surface area contributed by atoms with Gasteiger partial charge in [-0.2, -0.15) is 15.0 Å². The normalized spacial score (nSPS) is 15.0. The lowest BCUT2D eigenvalue weighted by molar-refractivity contribution is 0.122. The Labute approximate surface area is 128 Å². The number of halogens is 1. The van der Waals surface area contributed by atoms with Crippen LogP contribution in [0.4, 0.5) is 11.9 Å². The van der Waals surface area contributed by atoms with E-state index in [2.05, 4.69) is 20.3 Å². The first kappa shape index (κ1) is 14.0. The largest absolute Gasteiger partial charge is 0.378 e. The molecule has 1 aliphatic rings. The zero-order valence-electron chi connectivity index (χ0n) is 11.5. The molecule has 0 atom stereocenters. The Morgan fingerprint density at radius 2 is 1.86 bits per heavy atom. The smallest absolute Gasteiger partial charge is 0.231 e. The van der Waals surface area contributed by atoms with Crippen LogP contribution in [0.2, 0.25) is 5.28 Å². The standard InChI is InChI=1S/C14H16ClN5O/c15-12-17-13(16-10-11-4-2-1-3-5-11)19-14(18-12)20-6-8-21-9-7-20/h1-5H,6-10H2,(H,16,17,18,19). The molecule has 2 aromatic rings. The molecule has 110 valence electrons. The van der Waals surface area contributed by atoms with Crippen LogP contribution in [0.25, 0.3) is 0 Å². The number of rotatable bonds is 4. The fourth-order valence-corrected chi connectivity index (χ4v) is 2.26. The number of ether oxygens (including phenoxy) is 1. The molecule has 1 aliphatic heterocycles. The van der Waals surface area contributed by atoms with Crippen LogP contribution in [-0.4, -0.2) is 41.3 Å². The predicted octanol–water partition coefficient (Wildman–Crippen LogP) is 1.97. The second-order valence-electron chi connectivity index (χ2n) is 4.67. The van der Waals surface area contributed by atoms with Crippen LogP contribution in [0.15, 0.2) is 30.3 Å². The lowest BCUT2D eigenvalue weighted by Crippen LogP contribution is -2.37. The quantitative estimate of drug-likeness (QED) is 0.932. The van der Waals surface area contributed by atoms with Gasteiger partial charge in [0, 0.05) is 19.6 Å². The van der Waals surface area contributed by atoms with Crippen molar-refractivity contribution in [2.24, 2.45) is 0 Å². The average Bonchev–Trinajstić information content (AvgIpc) is 2.54. The Morgan fingerprint density at radius 1 is 1.10 bits per heavy atom. The van der Waals surface area contributed by atoms with Crippen molar-refractivity contribution in [3.05, 3.63) is 41.2 Å². The van der Waals surface area contributed by atoms with Gasteiger partial charge in [0.05, 0.1) is 13.2 Å². The van der Waals surface area contributed by atoms with Crippen LogP contribution < -0.4 is 10.2 Å². The molecule has 1 saturated heterocycles. The van der Waals surface area contributed by atoms with Crippen molar-refractivity contribution in [2.45, 2.75) is 6.54 Å². The fraction of sp³-hybridized carbons (Fsp3) is 0.357. The number of benzene rings is 1. The molecular formula is C14H16ClN5O. The van der Waals surface area contributed by atoms with E-state index in [1.165, 1.54) is 0 Å². The maximum absolute atomic E-state index is 5.99. The van der Waals surface area contributed by atoms with E-state index < -0.39 is 0 Å². The first-order valence-corrected chi connectivity index (χ1v) is 7.21. The van der Waals surface area contributed by atoms with Gasteiger partial charge in [0.25, 0.3) is 0 Å². The molecule has 0 radical (unpaired) electrons. The van der Waals surface area contributed by atoms with Crippen molar-refractivity contribution in [3.8, 4) is 0 Å². The maximum Gasteiger partial charge on any atom is 0.231 e. The zero-order chi connectivity index (χ0) is 14.5. The SMILES string of the molecule is Clc1nc(NCc2ccccc2)nc(N2CCOCC2)n1. The molecular weight excluding hydrogens is 290 g/mol. The van der Waals surface area contributed by atoms with Crippen LogP contribution >= 0.6 is 11.6 Å². The number of hydrogen-bond donors (Lipinski definition) is 1. The molecule has 0 aliphatic carbocycles. The lowest BCUT2D eigenvalue weighted by atomic mass is 10.2. The first-order valence-electron chi connectivity index (χ1n) is 6.83. The van der Waals surface area contributed by atoms with Gasteiger partial charge < -0.3 is 15.0 Å². The molecule has 3 rings (SSSR count). The van der Waals surface area contributed by atoms with Gasteiger partial charge in [-0.25, -0.2) is 0 Å². The molecule has 0 unspecified atom stereocenters. The highest BCUT2D eigenvalue weighted by Gasteiger charge is 2.15. The van der Waals surface area contributed by atoms with Gasteiger partial charge in [-0.1, -0.05) is 30.3 Å². The number of nitrogens with one attached hydrogen (secondary N) is 1. The number of hydrogen-bond acceptors (Lipinski definition) is 6. The third-order valence-electron chi connectivity index (χ3n) is 3.18. The molecule has 0 spiro atoms. The molecule has 0 bridgehead atoms. The van der Waals surface area contributed by atoms with Gasteiger partial charge in [-0.15, -0.1) is 0 Å². The summed E-state index contributed by atoms with van der Waals surface area (Å²) < 4.78 is 5.33. The monoisotopic (exact) mass is 305 g/mol. The van der Waals surface area contributed by atoms with Gasteiger partial charge in [0.2, 0.25) is 17.2 Å². The second-order valence-corrected chi connectivity index (χ2v) is 5.00. The van der Waals surface area contributed by atoms with Gasteiger partial charge in [-0.05, 0) is 17.2 Å². The summed E-state index contributed by atoms with van der Waals surface area (Å²) in [6, 6.07) is 10.1. The van der Waals surface area contributed by atoms with E-state index in [4.69, 9.17) is 16.3 Å². The van der Waals surface area contributed by atoms with Crippen molar-refractivity contribution >= 4 is 23.5 Å². The molecule has 0 saturated carbocycles. The predicted molar refractivity (Wildman–Crippen MR) is 81.6 cm³/mol. The van der Waals surface area contributed by atoms with Gasteiger partial charge in [-0.3, -0.25) is 0 Å². The highest BCUT2D eigenvalue weighted by molar-refractivity contribution is 6.28. The molecule has 1 N–H and O–H groups in total. The van der Waals surface area contributed by atoms with Crippen LogP contribution in [0, 0.1) is 0 Å². The minimum Gasteiger partial charge on any atom is -0.378 e. The molecule has 1 fully saturated rings. The minimum absolute atomic E-state index is 0.196. The summed E-state index contributed by atoms with van der Waals surface area (Å²) in [5.41, 5.74) is 1.15. The summed E-state index contributed by atoms with van der Waals surface area (Å²) in [7, 11) is 0. The van der Waals surface area contributed by atoms with Crippen LogP contribution in [0.1, 0.15) is 5.56 Å². The van der Waals surface area contributed by atoms with Crippen molar-refractivity contribution in [1.29, 1.82) is 0 Å². The highest BCUT2D eigenvalue weighted by Crippen LogP contribution is 2.15. The van der Waals surface area contributed by atoms with E-state index >= 15 is 0 Å². The van der Waals surface area contributed by atoms with Crippen LogP contribution in [0.5, 0.6) is 0 Å². The van der Waals surface area contributed by atoms with Crippen molar-refractivity contribution in [2.75, 3.05) is 36.5 Å². The Kier molecular flexibility index (Phi) is 4.47. The Morgan fingerprint density at radius 3 is 2.62 bits per heavy atom. The van der Waals surface area contributed by atoms with Crippen molar-refractivity contribution in [3.63, 3.8) is 0 Å². The van der Waals surface area contributed by atoms with E-state index in [9.17, 15) is 0 Å². The summed E-state index contributed by atoms with van der Waals surface area (Å²) in [6.07, 6.45) is 0. The molecule has 2 heterocycles. The van der Waals surface area contributed by atoms with Gasteiger partial charge >= 0.3 is 0 Å². The summed E-state index contributed by atoms with van der Waals surface area (Å²) in [5, 5.41) is 3.37. The Bertz CT molecular complexity index is 589. The third-order valence-corrected chi connectivity index (χ3v) is 3.35. The Balaban J connectivity index is 1.71. The summed E-state index contributed by atoms with van der Waals surface area (Å²) in [6.45, 7) is 3.52. The van der Waals surface area contributed by atoms with Crippen molar-refractivity contribution in [1.82, 2.24) is 15.0 Å². The van der Waals surface area contributed by atoms with E-state index in [1.54, 1.807) is 0 Å². The molecule has 6 nitrogen and oxygen atoms in total. The average molecular weight is 306 g/mol. The highest BCUT2D eigenvalue weighted by atomic mass is 35.5. The second kappa shape index (κ2) is 6.69. The summed E-state index contributed by atoms with van der Waals surface area (Å²) >= 11 is 5.99. The van der Waals surface area contributed by atoms with Crippen LogP contribution in [0.3, 0.4) is 0 Å². The topological polar surface area (TPSA) is 63.2 Å². The molecule has 21 heavy (non-hydrogen) atoms. The fourth-order valence-electron chi connectivity index (χ4n) is 2.10. The number of morpholine rings is 1. The third kappa shape index (κ3) is 3.80. The number of nitrogens with zero attached hydrogens (tertiary/aromatic N) is 4. The maximum atomic E-state index is 5.99. The van der Waals surface area contributed by atoms with Crippen LogP contribution in [-0.2, 0) is 11.3 Å². The number of aromatic nitrogens is 3. The van der Waals surface area contributed by atoms with E-state index in [1.807, 2.05) is 35.2 Å². The number of anilines is 2. The first-order chi connectivity index (χ1) is 10.3. The summed E-state index contributed by atoms with van der Waals surface area (Å²) in [5.74, 6) is 1.08. The van der Waals surface area contributed by atoms with E-state index in [0.29, 0.717) is 31.7 Å². The van der Waals surface area contributed by atoms with Gasteiger partial charge in [0.15, 0.2) is 0 Å². The molecule has 7 heteroatoms.